The highest BCUT2D eigenvalue weighted by atomic mass is 32.2. The number of aliphatic hydroxyl groups is 1. The molecule has 3 heteroatoms. The van der Waals surface area contributed by atoms with Crippen molar-refractivity contribution in [3.8, 4) is 0 Å². The molecule has 0 amide bonds. The highest BCUT2D eigenvalue weighted by Gasteiger charge is 2.60. The molecule has 0 radical (unpaired) electrons. The van der Waals surface area contributed by atoms with Gasteiger partial charge < -0.3 is 5.11 Å². The Kier molecular flexibility index (Phi) is 4.01. The van der Waals surface area contributed by atoms with Crippen molar-refractivity contribution in [2.75, 3.05) is 0 Å². The van der Waals surface area contributed by atoms with Crippen molar-refractivity contribution in [3.05, 3.63) is 29.8 Å². The van der Waals surface area contributed by atoms with Crippen molar-refractivity contribution in [2.24, 2.45) is 5.41 Å². The fraction of sp³-hybridized carbons (Fsp3) is 0.684. The van der Waals surface area contributed by atoms with Crippen molar-refractivity contribution in [1.29, 1.82) is 0 Å². The molecule has 0 heterocycles. The summed E-state index contributed by atoms with van der Waals surface area (Å²) in [6.45, 7) is 6.51. The lowest BCUT2D eigenvalue weighted by Gasteiger charge is -2.56. The zero-order valence-electron chi connectivity index (χ0n) is 14.0. The molecule has 2 aliphatic carbocycles. The SMILES string of the molecule is Cc1ccc([S@](=O)C2([C@@]3(O)CCCC(C)(C)C3)CCC2)cc1. The second kappa shape index (κ2) is 5.45. The second-order valence-electron chi connectivity index (χ2n) is 8.16. The zero-order chi connectivity index (χ0) is 16.0. The van der Waals surface area contributed by atoms with Crippen LogP contribution in [0, 0.1) is 12.3 Å². The van der Waals surface area contributed by atoms with Crippen LogP contribution in [0.2, 0.25) is 0 Å². The molecular weight excluding hydrogens is 292 g/mol. The van der Waals surface area contributed by atoms with Crippen LogP contribution in [-0.2, 0) is 10.8 Å². The summed E-state index contributed by atoms with van der Waals surface area (Å²) >= 11 is 0. The van der Waals surface area contributed by atoms with Crippen LogP contribution in [0.1, 0.15) is 64.4 Å². The van der Waals surface area contributed by atoms with E-state index in [0.717, 1.165) is 49.8 Å². The lowest BCUT2D eigenvalue weighted by atomic mass is 9.60. The Bertz CT molecular complexity index is 572. The minimum atomic E-state index is -1.13. The van der Waals surface area contributed by atoms with Crippen LogP contribution >= 0.6 is 0 Å². The van der Waals surface area contributed by atoms with E-state index in [1.165, 1.54) is 5.56 Å². The number of aryl methyl sites for hydroxylation is 1. The monoisotopic (exact) mass is 320 g/mol. The summed E-state index contributed by atoms with van der Waals surface area (Å²) < 4.78 is 12.9. The van der Waals surface area contributed by atoms with E-state index in [0.29, 0.717) is 0 Å². The van der Waals surface area contributed by atoms with Gasteiger partial charge in [-0.3, -0.25) is 4.21 Å². The van der Waals surface area contributed by atoms with E-state index in [2.05, 4.69) is 13.8 Å². The Morgan fingerprint density at radius 2 is 1.59 bits per heavy atom. The summed E-state index contributed by atoms with van der Waals surface area (Å²) in [4.78, 5) is 0.877. The van der Waals surface area contributed by atoms with E-state index in [9.17, 15) is 9.32 Å². The lowest BCUT2D eigenvalue weighted by Crippen LogP contribution is -2.63. The average molecular weight is 320 g/mol. The standard InChI is InChI=1S/C19H28O2S/c1-15-6-8-16(9-7-15)22(21)19(12-5-13-19)18(20)11-4-10-17(2,3)14-18/h6-9,20H,4-5,10-14H2,1-3H3/t18-,22+/m1/s1. The molecule has 0 bridgehead atoms. The van der Waals surface area contributed by atoms with Crippen LogP contribution in [0.15, 0.2) is 29.2 Å². The Morgan fingerprint density at radius 3 is 2.09 bits per heavy atom. The van der Waals surface area contributed by atoms with E-state index in [-0.39, 0.29) is 5.41 Å². The Morgan fingerprint density at radius 1 is 1.00 bits per heavy atom. The molecule has 2 atom stereocenters. The maximum Gasteiger partial charge on any atom is 0.0827 e. The molecule has 2 nitrogen and oxygen atoms in total. The van der Waals surface area contributed by atoms with Gasteiger partial charge in [0.25, 0.3) is 0 Å². The first-order valence-corrected chi connectivity index (χ1v) is 9.64. The second-order valence-corrected chi connectivity index (χ2v) is 9.95. The minimum absolute atomic E-state index is 0.146. The van der Waals surface area contributed by atoms with Gasteiger partial charge in [0.2, 0.25) is 0 Å². The normalized spacial score (nSPS) is 31.3. The number of rotatable bonds is 3. The van der Waals surface area contributed by atoms with Gasteiger partial charge in [-0.15, -0.1) is 0 Å². The zero-order valence-corrected chi connectivity index (χ0v) is 14.8. The van der Waals surface area contributed by atoms with Crippen LogP contribution in [-0.4, -0.2) is 19.7 Å². The van der Waals surface area contributed by atoms with Crippen LogP contribution in [0.3, 0.4) is 0 Å². The van der Waals surface area contributed by atoms with Gasteiger partial charge in [-0.2, -0.15) is 0 Å². The van der Waals surface area contributed by atoms with Crippen LogP contribution in [0.4, 0.5) is 0 Å². The van der Waals surface area contributed by atoms with E-state index in [1.807, 2.05) is 31.2 Å². The van der Waals surface area contributed by atoms with Gasteiger partial charge in [0, 0.05) is 4.90 Å². The fourth-order valence-corrected chi connectivity index (χ4v) is 6.44. The molecule has 0 spiro atoms. The maximum absolute atomic E-state index is 13.3. The van der Waals surface area contributed by atoms with Gasteiger partial charge in [0.05, 0.1) is 21.1 Å². The molecule has 1 N–H and O–H groups in total. The molecule has 0 aliphatic heterocycles. The summed E-state index contributed by atoms with van der Waals surface area (Å²) in [7, 11) is -1.13. The molecule has 3 rings (SSSR count). The Balaban J connectivity index is 1.94. The van der Waals surface area contributed by atoms with Crippen LogP contribution in [0.25, 0.3) is 0 Å². The van der Waals surface area contributed by atoms with Crippen molar-refractivity contribution in [3.63, 3.8) is 0 Å². The van der Waals surface area contributed by atoms with Gasteiger partial charge in [-0.25, -0.2) is 0 Å². The fourth-order valence-electron chi connectivity index (χ4n) is 4.43. The summed E-state index contributed by atoms with van der Waals surface area (Å²) in [5.74, 6) is 0. The minimum Gasteiger partial charge on any atom is -0.388 e. The largest absolute Gasteiger partial charge is 0.388 e. The summed E-state index contributed by atoms with van der Waals surface area (Å²) in [5, 5.41) is 11.5. The molecular formula is C19H28O2S. The van der Waals surface area contributed by atoms with Gasteiger partial charge in [0.15, 0.2) is 0 Å². The van der Waals surface area contributed by atoms with Crippen molar-refractivity contribution in [2.45, 2.75) is 81.0 Å². The highest BCUT2D eigenvalue weighted by molar-refractivity contribution is 7.86. The molecule has 1 aromatic carbocycles. The Labute approximate surface area is 136 Å². The van der Waals surface area contributed by atoms with Crippen LogP contribution < -0.4 is 0 Å². The molecule has 2 fully saturated rings. The summed E-state index contributed by atoms with van der Waals surface area (Å²) in [6.07, 6.45) is 6.63. The van der Waals surface area contributed by atoms with Gasteiger partial charge in [-0.1, -0.05) is 44.4 Å². The van der Waals surface area contributed by atoms with E-state index in [4.69, 9.17) is 0 Å². The third-order valence-electron chi connectivity index (χ3n) is 5.81. The third kappa shape index (κ3) is 2.56. The maximum atomic E-state index is 13.3. The molecule has 2 aliphatic rings. The molecule has 2 saturated carbocycles. The average Bonchev–Trinajstić information content (AvgIpc) is 2.36. The van der Waals surface area contributed by atoms with Gasteiger partial charge >= 0.3 is 0 Å². The quantitative estimate of drug-likeness (QED) is 0.898. The third-order valence-corrected chi connectivity index (χ3v) is 8.01. The molecule has 22 heavy (non-hydrogen) atoms. The smallest absolute Gasteiger partial charge is 0.0827 e. The first-order valence-electron chi connectivity index (χ1n) is 8.49. The number of benzene rings is 1. The molecule has 0 aromatic heterocycles. The predicted octanol–water partition coefficient (Wildman–Crippen LogP) is 4.36. The molecule has 122 valence electrons. The first kappa shape index (κ1) is 16.2. The van der Waals surface area contributed by atoms with E-state index < -0.39 is 21.1 Å². The summed E-state index contributed by atoms with van der Waals surface area (Å²) in [6, 6.07) is 7.99. The first-order chi connectivity index (χ1) is 10.3. The lowest BCUT2D eigenvalue weighted by molar-refractivity contribution is -0.0901. The number of hydrogen-bond donors (Lipinski definition) is 1. The molecule has 0 unspecified atom stereocenters. The number of hydrogen-bond acceptors (Lipinski definition) is 2. The van der Waals surface area contributed by atoms with Crippen molar-refractivity contribution >= 4 is 10.8 Å². The molecule has 1 aromatic rings. The van der Waals surface area contributed by atoms with E-state index >= 15 is 0 Å². The predicted molar refractivity (Wildman–Crippen MR) is 91.4 cm³/mol. The van der Waals surface area contributed by atoms with Gasteiger partial charge in [0.1, 0.15) is 0 Å². The van der Waals surface area contributed by atoms with Crippen molar-refractivity contribution in [1.82, 2.24) is 0 Å². The van der Waals surface area contributed by atoms with Gasteiger partial charge in [-0.05, 0) is 56.6 Å². The highest BCUT2D eigenvalue weighted by Crippen LogP contribution is 2.56. The summed E-state index contributed by atoms with van der Waals surface area (Å²) in [5.41, 5.74) is 0.552. The van der Waals surface area contributed by atoms with E-state index in [1.54, 1.807) is 0 Å². The molecule has 0 saturated heterocycles. The van der Waals surface area contributed by atoms with Crippen molar-refractivity contribution < 1.29 is 9.32 Å². The van der Waals surface area contributed by atoms with Crippen LogP contribution in [0.5, 0.6) is 0 Å². The topological polar surface area (TPSA) is 37.3 Å². The Hall–Kier alpha value is -0.670.